The molecule has 0 amide bonds. The molecule has 0 saturated carbocycles. The largest absolute Gasteiger partial charge is 0.493 e. The predicted octanol–water partition coefficient (Wildman–Crippen LogP) is 2.84. The second-order valence-electron chi connectivity index (χ2n) is 6.68. The Morgan fingerprint density at radius 3 is 2.54 bits per heavy atom. The molecule has 1 aromatic carbocycles. The maximum atomic E-state index is 8.88. The van der Waals surface area contributed by atoms with E-state index < -0.39 is 7.82 Å². The number of nitrogens with zero attached hydrogens (tertiary/aromatic N) is 1. The first-order chi connectivity index (χ1) is 12.2. The van der Waals surface area contributed by atoms with E-state index in [2.05, 4.69) is 49.1 Å². The van der Waals surface area contributed by atoms with Gasteiger partial charge in [0.2, 0.25) is 0 Å². The van der Waals surface area contributed by atoms with Crippen molar-refractivity contribution < 1.29 is 24.0 Å². The van der Waals surface area contributed by atoms with E-state index in [4.69, 9.17) is 24.0 Å². The highest BCUT2D eigenvalue weighted by molar-refractivity contribution is 7.45. The minimum absolute atomic E-state index is 0.586. The summed E-state index contributed by atoms with van der Waals surface area (Å²) in [6, 6.07) is 4.88. The lowest BCUT2D eigenvalue weighted by Gasteiger charge is -2.32. The lowest BCUT2D eigenvalue weighted by Crippen LogP contribution is -2.37. The monoisotopic (exact) mass is 384 g/mol. The van der Waals surface area contributed by atoms with Crippen LogP contribution in [-0.4, -0.2) is 50.8 Å². The summed E-state index contributed by atoms with van der Waals surface area (Å²) < 4.78 is 14.9. The van der Waals surface area contributed by atoms with Gasteiger partial charge < -0.3 is 29.3 Å². The molecule has 1 atom stereocenters. The first-order valence-electron chi connectivity index (χ1n) is 8.97. The highest BCUT2D eigenvalue weighted by Gasteiger charge is 2.26. The van der Waals surface area contributed by atoms with Crippen molar-refractivity contribution in [2.24, 2.45) is 0 Å². The number of phosphoric acid groups is 1. The number of ether oxygens (including phenoxy) is 1. The Bertz CT molecular complexity index is 762. The molecule has 2 aromatic rings. The molecule has 0 aliphatic heterocycles. The molecule has 26 heavy (non-hydrogen) atoms. The van der Waals surface area contributed by atoms with E-state index in [0.29, 0.717) is 6.04 Å². The van der Waals surface area contributed by atoms with Gasteiger partial charge in [0.15, 0.2) is 0 Å². The van der Waals surface area contributed by atoms with Gasteiger partial charge in [-0.15, -0.1) is 0 Å². The highest BCUT2D eigenvalue weighted by Crippen LogP contribution is 2.37. The Kier molecular flexibility index (Phi) is 7.26. The maximum Gasteiger partial charge on any atom is 0.466 e. The summed E-state index contributed by atoms with van der Waals surface area (Å²) in [7, 11) is -2.39. The number of aromatic nitrogens is 1. The molecule has 1 aliphatic rings. The fraction of sp³-hybridized carbons (Fsp3) is 0.556. The minimum Gasteiger partial charge on any atom is -0.493 e. The van der Waals surface area contributed by atoms with Crippen LogP contribution in [0.4, 0.5) is 0 Å². The van der Waals surface area contributed by atoms with Gasteiger partial charge in [0.05, 0.1) is 6.61 Å². The lowest BCUT2D eigenvalue weighted by molar-refractivity contribution is 0.234. The van der Waals surface area contributed by atoms with Crippen molar-refractivity contribution in [1.82, 2.24) is 9.88 Å². The molecule has 1 heterocycles. The number of aromatic amines is 1. The van der Waals surface area contributed by atoms with Gasteiger partial charge in [0, 0.05) is 28.7 Å². The zero-order chi connectivity index (χ0) is 19.3. The van der Waals surface area contributed by atoms with Crippen molar-refractivity contribution in [1.29, 1.82) is 0 Å². The number of benzene rings is 1. The van der Waals surface area contributed by atoms with Crippen molar-refractivity contribution in [2.75, 3.05) is 20.2 Å². The van der Waals surface area contributed by atoms with Crippen LogP contribution in [0.3, 0.4) is 0 Å². The van der Waals surface area contributed by atoms with Crippen LogP contribution in [0, 0.1) is 0 Å². The molecule has 8 heteroatoms. The van der Waals surface area contributed by atoms with Gasteiger partial charge >= 0.3 is 7.82 Å². The number of rotatable bonds is 6. The molecule has 7 nitrogen and oxygen atoms in total. The predicted molar refractivity (Wildman–Crippen MR) is 102 cm³/mol. The van der Waals surface area contributed by atoms with Crippen molar-refractivity contribution in [3.05, 3.63) is 29.5 Å². The van der Waals surface area contributed by atoms with Gasteiger partial charge in [-0.05, 0) is 57.0 Å². The van der Waals surface area contributed by atoms with Crippen LogP contribution in [0.2, 0.25) is 0 Å². The average molecular weight is 384 g/mol. The second kappa shape index (κ2) is 9.02. The van der Waals surface area contributed by atoms with Crippen molar-refractivity contribution in [3.8, 4) is 5.75 Å². The smallest absolute Gasteiger partial charge is 0.466 e. The number of likely N-dealkylation sites (N-methyl/N-ethyl adjacent to an activating group) is 1. The van der Waals surface area contributed by atoms with Crippen LogP contribution >= 0.6 is 7.82 Å². The third-order valence-corrected chi connectivity index (χ3v) is 4.55. The van der Waals surface area contributed by atoms with E-state index in [1.165, 1.54) is 28.5 Å². The topological polar surface area (TPSA) is 106 Å². The summed E-state index contributed by atoms with van der Waals surface area (Å²) in [6.07, 6.45) is 6.68. The summed E-state index contributed by atoms with van der Waals surface area (Å²) in [5, 5.41) is 1.41. The maximum absolute atomic E-state index is 8.88. The van der Waals surface area contributed by atoms with Crippen LogP contribution in [0.15, 0.2) is 18.3 Å². The van der Waals surface area contributed by atoms with E-state index in [-0.39, 0.29) is 0 Å². The molecule has 1 aliphatic carbocycles. The molecule has 0 fully saturated rings. The molecule has 1 aromatic heterocycles. The van der Waals surface area contributed by atoms with E-state index in [0.717, 1.165) is 38.2 Å². The van der Waals surface area contributed by atoms with Gasteiger partial charge in [-0.3, -0.25) is 0 Å². The number of nitrogens with one attached hydrogen (secondary N) is 1. The SMILES string of the molecule is CCCOc1ccc2[nH]cc3c2c1CC(N(C)CCC)C3.O=P(O)(O)O. The number of hydrogen-bond acceptors (Lipinski definition) is 3. The Morgan fingerprint density at radius 2 is 1.92 bits per heavy atom. The van der Waals surface area contributed by atoms with Crippen LogP contribution in [-0.2, 0) is 17.4 Å². The summed E-state index contributed by atoms with van der Waals surface area (Å²) in [5.74, 6) is 1.08. The van der Waals surface area contributed by atoms with Gasteiger partial charge in [-0.2, -0.15) is 0 Å². The molecular weight excluding hydrogens is 355 g/mol. The molecule has 0 radical (unpaired) electrons. The molecule has 0 spiro atoms. The van der Waals surface area contributed by atoms with Gasteiger partial charge in [-0.25, -0.2) is 4.57 Å². The summed E-state index contributed by atoms with van der Waals surface area (Å²) in [4.78, 5) is 27.5. The molecular formula is C18H29N2O5P. The molecule has 1 unspecified atom stereocenters. The summed E-state index contributed by atoms with van der Waals surface area (Å²) >= 11 is 0. The Balaban J connectivity index is 0.000000431. The molecule has 3 rings (SSSR count). The third-order valence-electron chi connectivity index (χ3n) is 4.55. The molecule has 0 bridgehead atoms. The fourth-order valence-electron chi connectivity index (χ4n) is 3.47. The first-order valence-corrected chi connectivity index (χ1v) is 10.5. The van der Waals surface area contributed by atoms with Gasteiger partial charge in [-0.1, -0.05) is 13.8 Å². The van der Waals surface area contributed by atoms with Crippen LogP contribution in [0.5, 0.6) is 5.75 Å². The fourth-order valence-corrected chi connectivity index (χ4v) is 3.47. The normalized spacial score (nSPS) is 16.5. The van der Waals surface area contributed by atoms with E-state index in [1.807, 2.05) is 0 Å². The van der Waals surface area contributed by atoms with Crippen LogP contribution in [0.25, 0.3) is 10.9 Å². The second-order valence-corrected chi connectivity index (χ2v) is 7.71. The Labute approximate surface area is 154 Å². The number of hydrogen-bond donors (Lipinski definition) is 4. The third kappa shape index (κ3) is 5.56. The highest BCUT2D eigenvalue weighted by atomic mass is 31.2. The Morgan fingerprint density at radius 1 is 1.23 bits per heavy atom. The standard InChI is InChI=1S/C18H26N2O.H3O4P/c1-4-8-20(3)14-10-13-12-19-16-6-7-17(21-9-5-2)15(11-14)18(13)16;1-5(2,3)4/h6-7,12,14,19H,4-5,8-11H2,1-3H3;(H3,1,2,3,4). The average Bonchev–Trinajstić information content (AvgIpc) is 2.97. The summed E-state index contributed by atoms with van der Waals surface area (Å²) in [5.41, 5.74) is 4.10. The van der Waals surface area contributed by atoms with Crippen molar-refractivity contribution in [3.63, 3.8) is 0 Å². The summed E-state index contributed by atoms with van der Waals surface area (Å²) in [6.45, 7) is 6.36. The van der Waals surface area contributed by atoms with Gasteiger partial charge in [0.1, 0.15) is 5.75 Å². The van der Waals surface area contributed by atoms with Crippen LogP contribution < -0.4 is 4.74 Å². The number of H-pyrrole nitrogens is 1. The van der Waals surface area contributed by atoms with Crippen molar-refractivity contribution >= 4 is 18.7 Å². The van der Waals surface area contributed by atoms with E-state index >= 15 is 0 Å². The minimum atomic E-state index is -4.64. The first kappa shape index (κ1) is 20.9. The molecule has 4 N–H and O–H groups in total. The zero-order valence-corrected chi connectivity index (χ0v) is 16.5. The molecule has 0 saturated heterocycles. The lowest BCUT2D eigenvalue weighted by atomic mass is 9.88. The zero-order valence-electron chi connectivity index (χ0n) is 15.6. The quantitative estimate of drug-likeness (QED) is 0.571. The van der Waals surface area contributed by atoms with Crippen LogP contribution in [0.1, 0.15) is 37.8 Å². The Hall–Kier alpha value is -1.37. The molecule has 146 valence electrons. The van der Waals surface area contributed by atoms with Gasteiger partial charge in [0.25, 0.3) is 0 Å². The van der Waals surface area contributed by atoms with E-state index in [9.17, 15) is 0 Å². The van der Waals surface area contributed by atoms with E-state index in [1.54, 1.807) is 0 Å². The van der Waals surface area contributed by atoms with Crippen molar-refractivity contribution in [2.45, 2.75) is 45.6 Å².